The Morgan fingerprint density at radius 3 is 2.52 bits per heavy atom. The molecule has 1 aliphatic heterocycles. The highest BCUT2D eigenvalue weighted by Crippen LogP contribution is 2.29. The van der Waals surface area contributed by atoms with Gasteiger partial charge in [-0.15, -0.1) is 0 Å². The van der Waals surface area contributed by atoms with Crippen molar-refractivity contribution >= 4 is 27.4 Å². The fourth-order valence-electron chi connectivity index (χ4n) is 2.72. The molecule has 1 aliphatic rings. The average Bonchev–Trinajstić information content (AvgIpc) is 3.00. The molecule has 10 heteroatoms. The number of sulfone groups is 1. The van der Waals surface area contributed by atoms with E-state index in [-0.39, 0.29) is 29.1 Å². The van der Waals surface area contributed by atoms with Crippen molar-refractivity contribution in [3.63, 3.8) is 0 Å². The van der Waals surface area contributed by atoms with E-state index in [1.165, 1.54) is 26.6 Å². The van der Waals surface area contributed by atoms with Crippen molar-refractivity contribution < 1.29 is 22.7 Å². The lowest BCUT2D eigenvalue weighted by Crippen LogP contribution is -2.22. The van der Waals surface area contributed by atoms with Crippen LogP contribution in [0, 0.1) is 0 Å². The first-order chi connectivity index (χ1) is 12.9. The van der Waals surface area contributed by atoms with Gasteiger partial charge in [0.15, 0.2) is 9.84 Å². The van der Waals surface area contributed by atoms with E-state index in [1.807, 2.05) is 0 Å². The summed E-state index contributed by atoms with van der Waals surface area (Å²) < 4.78 is 33.4. The molecule has 1 unspecified atom stereocenters. The normalized spacial score (nSPS) is 17.9. The standard InChI is InChI=1S/C17H20N4O5S/c1-25-13-3-4-15(26-2)14(7-13)21-16(22)11-8-18-17(19-9-11)20-12-5-6-27(23,24)10-12/h3-4,7-9,12H,5-6,10H2,1-2H3,(H,21,22)(H,18,19,20). The summed E-state index contributed by atoms with van der Waals surface area (Å²) in [5.74, 6) is 1.17. The quantitative estimate of drug-likeness (QED) is 0.756. The zero-order valence-corrected chi connectivity index (χ0v) is 15.7. The number of benzene rings is 1. The van der Waals surface area contributed by atoms with Crippen molar-refractivity contribution in [3.8, 4) is 11.5 Å². The van der Waals surface area contributed by atoms with Gasteiger partial charge in [-0.2, -0.15) is 0 Å². The first kappa shape index (κ1) is 18.9. The summed E-state index contributed by atoms with van der Waals surface area (Å²) >= 11 is 0. The zero-order valence-electron chi connectivity index (χ0n) is 14.9. The number of nitrogens with zero attached hydrogens (tertiary/aromatic N) is 2. The topological polar surface area (TPSA) is 120 Å². The highest BCUT2D eigenvalue weighted by molar-refractivity contribution is 7.91. The van der Waals surface area contributed by atoms with Crippen molar-refractivity contribution in [2.24, 2.45) is 0 Å². The Hall–Kier alpha value is -2.88. The second-order valence-electron chi connectivity index (χ2n) is 6.06. The average molecular weight is 392 g/mol. The summed E-state index contributed by atoms with van der Waals surface area (Å²) in [7, 11) is 0.0461. The molecule has 1 atom stereocenters. The summed E-state index contributed by atoms with van der Waals surface area (Å²) in [6.45, 7) is 0. The molecule has 0 aliphatic carbocycles. The van der Waals surface area contributed by atoms with E-state index in [0.717, 1.165) is 0 Å². The number of hydrogen-bond donors (Lipinski definition) is 2. The van der Waals surface area contributed by atoms with E-state index in [0.29, 0.717) is 23.6 Å². The molecule has 0 saturated carbocycles. The maximum atomic E-state index is 12.4. The Kier molecular flexibility index (Phi) is 5.45. The smallest absolute Gasteiger partial charge is 0.258 e. The van der Waals surface area contributed by atoms with Gasteiger partial charge in [0, 0.05) is 24.5 Å². The minimum atomic E-state index is -2.99. The monoisotopic (exact) mass is 392 g/mol. The molecular weight excluding hydrogens is 372 g/mol. The molecule has 27 heavy (non-hydrogen) atoms. The SMILES string of the molecule is COc1ccc(OC)c(NC(=O)c2cnc(NC3CCS(=O)(=O)C3)nc2)c1. The fraction of sp³-hybridized carbons (Fsp3) is 0.353. The van der Waals surface area contributed by atoms with E-state index in [9.17, 15) is 13.2 Å². The Balaban J connectivity index is 1.67. The van der Waals surface area contributed by atoms with E-state index in [2.05, 4.69) is 20.6 Å². The zero-order chi connectivity index (χ0) is 19.4. The van der Waals surface area contributed by atoms with E-state index in [4.69, 9.17) is 9.47 Å². The van der Waals surface area contributed by atoms with Gasteiger partial charge in [0.2, 0.25) is 5.95 Å². The van der Waals surface area contributed by atoms with Crippen LogP contribution < -0.4 is 20.1 Å². The molecule has 1 amide bonds. The van der Waals surface area contributed by atoms with Crippen molar-refractivity contribution in [3.05, 3.63) is 36.2 Å². The maximum absolute atomic E-state index is 12.4. The first-order valence-electron chi connectivity index (χ1n) is 8.22. The van der Waals surface area contributed by atoms with E-state index < -0.39 is 15.7 Å². The number of rotatable bonds is 6. The Bertz CT molecular complexity index is 931. The third kappa shape index (κ3) is 4.64. The van der Waals surface area contributed by atoms with Crippen LogP contribution in [0.25, 0.3) is 0 Å². The van der Waals surface area contributed by atoms with Crippen molar-refractivity contribution in [2.45, 2.75) is 12.5 Å². The lowest BCUT2D eigenvalue weighted by molar-refractivity contribution is 0.102. The Labute approximate surface area is 157 Å². The molecule has 2 aromatic rings. The highest BCUT2D eigenvalue weighted by atomic mass is 32.2. The molecular formula is C17H20N4O5S. The molecule has 2 heterocycles. The number of carbonyl (C=O) groups excluding carboxylic acids is 1. The van der Waals surface area contributed by atoms with Crippen molar-refractivity contribution in [1.29, 1.82) is 0 Å². The minimum Gasteiger partial charge on any atom is -0.497 e. The van der Waals surface area contributed by atoms with Gasteiger partial charge in [0.1, 0.15) is 11.5 Å². The van der Waals surface area contributed by atoms with E-state index in [1.54, 1.807) is 18.2 Å². The van der Waals surface area contributed by atoms with Gasteiger partial charge in [0.05, 0.1) is 37.0 Å². The Morgan fingerprint density at radius 1 is 1.19 bits per heavy atom. The molecule has 0 spiro atoms. The molecule has 0 radical (unpaired) electrons. The summed E-state index contributed by atoms with van der Waals surface area (Å²) in [4.78, 5) is 20.6. The van der Waals surface area contributed by atoms with Crippen LogP contribution in [-0.2, 0) is 9.84 Å². The first-order valence-corrected chi connectivity index (χ1v) is 10.0. The molecule has 144 valence electrons. The van der Waals surface area contributed by atoms with Gasteiger partial charge >= 0.3 is 0 Å². The third-order valence-corrected chi connectivity index (χ3v) is 5.90. The van der Waals surface area contributed by atoms with Gasteiger partial charge in [-0.1, -0.05) is 0 Å². The molecule has 1 fully saturated rings. The van der Waals surface area contributed by atoms with Gasteiger partial charge in [-0.05, 0) is 18.6 Å². The second kappa shape index (κ2) is 7.78. The van der Waals surface area contributed by atoms with Gasteiger partial charge in [-0.3, -0.25) is 4.79 Å². The van der Waals surface area contributed by atoms with Crippen LogP contribution in [0.5, 0.6) is 11.5 Å². The third-order valence-electron chi connectivity index (χ3n) is 4.13. The molecule has 1 aromatic carbocycles. The summed E-state index contributed by atoms with van der Waals surface area (Å²) in [6, 6.07) is 4.85. The lowest BCUT2D eigenvalue weighted by atomic mass is 10.2. The predicted octanol–water partition coefficient (Wildman–Crippen LogP) is 1.35. The van der Waals surface area contributed by atoms with Gasteiger partial charge < -0.3 is 20.1 Å². The molecule has 3 rings (SSSR count). The molecule has 9 nitrogen and oxygen atoms in total. The number of aromatic nitrogens is 2. The number of hydrogen-bond acceptors (Lipinski definition) is 8. The molecule has 1 saturated heterocycles. The van der Waals surface area contributed by atoms with Crippen LogP contribution >= 0.6 is 0 Å². The van der Waals surface area contributed by atoms with Crippen molar-refractivity contribution in [1.82, 2.24) is 9.97 Å². The number of anilines is 2. The van der Waals surface area contributed by atoms with Crippen LogP contribution in [0.2, 0.25) is 0 Å². The summed E-state index contributed by atoms with van der Waals surface area (Å²) in [5.41, 5.74) is 0.713. The maximum Gasteiger partial charge on any atom is 0.258 e. The van der Waals surface area contributed by atoms with Crippen LogP contribution in [0.1, 0.15) is 16.8 Å². The molecule has 2 N–H and O–H groups in total. The fourth-order valence-corrected chi connectivity index (χ4v) is 4.39. The van der Waals surface area contributed by atoms with Gasteiger partial charge in [0.25, 0.3) is 5.91 Å². The van der Waals surface area contributed by atoms with Gasteiger partial charge in [-0.25, -0.2) is 18.4 Å². The highest BCUT2D eigenvalue weighted by Gasteiger charge is 2.28. The Morgan fingerprint density at radius 2 is 1.93 bits per heavy atom. The second-order valence-corrected chi connectivity index (χ2v) is 8.29. The minimum absolute atomic E-state index is 0.0637. The lowest BCUT2D eigenvalue weighted by Gasteiger charge is -2.12. The number of carbonyl (C=O) groups is 1. The molecule has 0 bridgehead atoms. The molecule has 1 aromatic heterocycles. The van der Waals surface area contributed by atoms with Crippen LogP contribution in [0.4, 0.5) is 11.6 Å². The number of nitrogens with one attached hydrogen (secondary N) is 2. The predicted molar refractivity (Wildman–Crippen MR) is 100 cm³/mol. The number of ether oxygens (including phenoxy) is 2. The van der Waals surface area contributed by atoms with Crippen LogP contribution in [0.3, 0.4) is 0 Å². The van der Waals surface area contributed by atoms with Crippen molar-refractivity contribution in [2.75, 3.05) is 36.4 Å². The summed E-state index contributed by atoms with van der Waals surface area (Å²) in [6.07, 6.45) is 3.27. The van der Waals surface area contributed by atoms with Crippen LogP contribution in [0.15, 0.2) is 30.6 Å². The van der Waals surface area contributed by atoms with E-state index >= 15 is 0 Å². The summed E-state index contributed by atoms with van der Waals surface area (Å²) in [5, 5.41) is 5.71. The number of amides is 1. The number of methoxy groups -OCH3 is 2. The van der Waals surface area contributed by atoms with Crippen LogP contribution in [-0.4, -0.2) is 56.1 Å². The largest absolute Gasteiger partial charge is 0.497 e.